The van der Waals surface area contributed by atoms with E-state index in [0.717, 1.165) is 30.4 Å². The van der Waals surface area contributed by atoms with E-state index in [1.165, 1.54) is 0 Å². The van der Waals surface area contributed by atoms with Gasteiger partial charge in [-0.3, -0.25) is 14.5 Å². The smallest absolute Gasteiger partial charge is 0.296 e. The Morgan fingerprint density at radius 2 is 1.88 bits per heavy atom. The first-order chi connectivity index (χ1) is 16.6. The van der Waals surface area contributed by atoms with Crippen molar-refractivity contribution in [3.05, 3.63) is 99.5 Å². The standard InChI is InChI=1S/C28H26N2O4/c1-3-4-7-16-33-20-12-8-11-19(17-20)24-23-25(31)21-13-5-6-14-22(21)34-26(23)28(32)30(24)27-18(2)10-9-15-29-27/h5-6,8-15,17,24H,3-4,7,16H2,1-2H3. The van der Waals surface area contributed by atoms with E-state index in [0.29, 0.717) is 34.7 Å². The van der Waals surface area contributed by atoms with Crippen molar-refractivity contribution in [3.8, 4) is 5.75 Å². The number of rotatable bonds is 7. The van der Waals surface area contributed by atoms with Gasteiger partial charge in [-0.2, -0.15) is 0 Å². The van der Waals surface area contributed by atoms with Crippen molar-refractivity contribution >= 4 is 22.7 Å². The molecule has 2 aromatic heterocycles. The van der Waals surface area contributed by atoms with E-state index in [1.807, 2.05) is 43.3 Å². The second-order valence-electron chi connectivity index (χ2n) is 8.52. The number of carbonyl (C=O) groups is 1. The van der Waals surface area contributed by atoms with E-state index < -0.39 is 6.04 Å². The second kappa shape index (κ2) is 9.14. The van der Waals surface area contributed by atoms with Crippen molar-refractivity contribution in [2.24, 2.45) is 0 Å². The summed E-state index contributed by atoms with van der Waals surface area (Å²) in [5.74, 6) is 0.894. The third kappa shape index (κ3) is 3.75. The van der Waals surface area contributed by atoms with Crippen LogP contribution in [0.5, 0.6) is 5.75 Å². The first-order valence-corrected chi connectivity index (χ1v) is 11.6. The van der Waals surface area contributed by atoms with Gasteiger partial charge in [-0.05, 0) is 54.8 Å². The maximum atomic E-state index is 13.7. The SMILES string of the molecule is CCCCCOc1cccc(C2c3c(oc4ccccc4c3=O)C(=O)N2c2ncccc2C)c1. The van der Waals surface area contributed by atoms with Crippen LogP contribution in [0.2, 0.25) is 0 Å². The van der Waals surface area contributed by atoms with Gasteiger partial charge in [-0.1, -0.05) is 50.1 Å². The molecule has 3 heterocycles. The van der Waals surface area contributed by atoms with Gasteiger partial charge in [0.05, 0.1) is 23.6 Å². The predicted molar refractivity (Wildman–Crippen MR) is 132 cm³/mol. The number of aryl methyl sites for hydroxylation is 1. The van der Waals surface area contributed by atoms with Gasteiger partial charge in [-0.15, -0.1) is 0 Å². The molecule has 5 rings (SSSR count). The van der Waals surface area contributed by atoms with Crippen molar-refractivity contribution in [3.63, 3.8) is 0 Å². The third-order valence-corrected chi connectivity index (χ3v) is 6.18. The highest BCUT2D eigenvalue weighted by Gasteiger charge is 2.44. The molecule has 34 heavy (non-hydrogen) atoms. The molecule has 0 aliphatic carbocycles. The highest BCUT2D eigenvalue weighted by Crippen LogP contribution is 2.42. The maximum Gasteiger partial charge on any atom is 0.296 e. The Morgan fingerprint density at radius 1 is 1.03 bits per heavy atom. The Labute approximate surface area is 197 Å². The number of fused-ring (bicyclic) bond motifs is 2. The quantitative estimate of drug-likeness (QED) is 0.329. The first-order valence-electron chi connectivity index (χ1n) is 11.6. The van der Waals surface area contributed by atoms with Crippen molar-refractivity contribution in [2.75, 3.05) is 11.5 Å². The number of anilines is 1. The monoisotopic (exact) mass is 454 g/mol. The fourth-order valence-corrected chi connectivity index (χ4v) is 4.50. The molecular weight excluding hydrogens is 428 g/mol. The molecule has 1 aliphatic rings. The van der Waals surface area contributed by atoms with Gasteiger partial charge in [0.15, 0.2) is 5.43 Å². The molecule has 2 aromatic carbocycles. The van der Waals surface area contributed by atoms with Crippen LogP contribution in [0.3, 0.4) is 0 Å². The average Bonchev–Trinajstić information content (AvgIpc) is 3.15. The van der Waals surface area contributed by atoms with Gasteiger partial charge in [0.1, 0.15) is 17.2 Å². The number of hydrogen-bond acceptors (Lipinski definition) is 5. The zero-order chi connectivity index (χ0) is 23.7. The fourth-order valence-electron chi connectivity index (χ4n) is 4.50. The summed E-state index contributed by atoms with van der Waals surface area (Å²) in [6, 6.07) is 17.7. The van der Waals surface area contributed by atoms with E-state index in [-0.39, 0.29) is 17.1 Å². The second-order valence-corrected chi connectivity index (χ2v) is 8.52. The number of unbranched alkanes of at least 4 members (excludes halogenated alkanes) is 2. The molecule has 0 fully saturated rings. The molecule has 0 radical (unpaired) electrons. The molecule has 6 heteroatoms. The number of pyridine rings is 1. The lowest BCUT2D eigenvalue weighted by Gasteiger charge is -2.25. The lowest BCUT2D eigenvalue weighted by Crippen LogP contribution is -2.31. The number of amides is 1. The van der Waals surface area contributed by atoms with E-state index in [2.05, 4.69) is 11.9 Å². The summed E-state index contributed by atoms with van der Waals surface area (Å²) in [6.07, 6.45) is 4.84. The van der Waals surface area contributed by atoms with E-state index in [1.54, 1.807) is 35.4 Å². The van der Waals surface area contributed by atoms with Gasteiger partial charge in [-0.25, -0.2) is 4.98 Å². The van der Waals surface area contributed by atoms with Gasteiger partial charge in [0, 0.05) is 6.20 Å². The Kier molecular flexibility index (Phi) is 5.88. The van der Waals surface area contributed by atoms with Gasteiger partial charge < -0.3 is 9.15 Å². The van der Waals surface area contributed by atoms with E-state index in [9.17, 15) is 9.59 Å². The molecule has 6 nitrogen and oxygen atoms in total. The fraction of sp³-hybridized carbons (Fsp3) is 0.250. The van der Waals surface area contributed by atoms with Crippen LogP contribution >= 0.6 is 0 Å². The van der Waals surface area contributed by atoms with Gasteiger partial charge in [0.25, 0.3) is 5.91 Å². The Morgan fingerprint density at radius 3 is 2.71 bits per heavy atom. The average molecular weight is 455 g/mol. The molecule has 1 atom stereocenters. The van der Waals surface area contributed by atoms with Crippen molar-refractivity contribution < 1.29 is 13.9 Å². The van der Waals surface area contributed by atoms with Gasteiger partial charge >= 0.3 is 0 Å². The number of ether oxygens (including phenoxy) is 1. The molecule has 0 saturated carbocycles. The molecule has 0 saturated heterocycles. The normalized spacial score (nSPS) is 15.1. The summed E-state index contributed by atoms with van der Waals surface area (Å²) in [6.45, 7) is 4.67. The van der Waals surface area contributed by atoms with Crippen molar-refractivity contribution in [1.29, 1.82) is 0 Å². The van der Waals surface area contributed by atoms with Crippen LogP contribution in [0.15, 0.2) is 76.1 Å². The highest BCUT2D eigenvalue weighted by molar-refractivity contribution is 6.10. The summed E-state index contributed by atoms with van der Waals surface area (Å²) in [4.78, 5) is 33.4. The minimum Gasteiger partial charge on any atom is -0.494 e. The largest absolute Gasteiger partial charge is 0.494 e. The van der Waals surface area contributed by atoms with Crippen LogP contribution in [0.1, 0.15) is 59.5 Å². The van der Waals surface area contributed by atoms with Crippen LogP contribution in [0.25, 0.3) is 11.0 Å². The van der Waals surface area contributed by atoms with Crippen LogP contribution in [0, 0.1) is 6.92 Å². The molecule has 1 unspecified atom stereocenters. The Balaban J connectivity index is 1.67. The minimum absolute atomic E-state index is 0.0630. The van der Waals surface area contributed by atoms with Crippen molar-refractivity contribution in [2.45, 2.75) is 39.2 Å². The highest BCUT2D eigenvalue weighted by atomic mass is 16.5. The first kappa shape index (κ1) is 21.9. The molecule has 1 aliphatic heterocycles. The van der Waals surface area contributed by atoms with Crippen LogP contribution in [0.4, 0.5) is 5.82 Å². The summed E-state index contributed by atoms with van der Waals surface area (Å²) in [7, 11) is 0. The summed E-state index contributed by atoms with van der Waals surface area (Å²) < 4.78 is 12.0. The zero-order valence-corrected chi connectivity index (χ0v) is 19.3. The number of para-hydroxylation sites is 1. The Bertz CT molecular complexity index is 1430. The summed E-state index contributed by atoms with van der Waals surface area (Å²) in [5.41, 5.74) is 2.12. The zero-order valence-electron chi connectivity index (χ0n) is 19.3. The van der Waals surface area contributed by atoms with E-state index >= 15 is 0 Å². The molecule has 0 N–H and O–H groups in total. The van der Waals surface area contributed by atoms with Gasteiger partial charge in [0.2, 0.25) is 5.76 Å². The number of hydrogen-bond donors (Lipinski definition) is 0. The minimum atomic E-state index is -0.670. The van der Waals surface area contributed by atoms with Crippen LogP contribution in [-0.2, 0) is 0 Å². The molecule has 0 bridgehead atoms. The number of benzene rings is 2. The lowest BCUT2D eigenvalue weighted by atomic mass is 9.98. The predicted octanol–water partition coefficient (Wildman–Crippen LogP) is 5.82. The number of nitrogens with zero attached hydrogens (tertiary/aromatic N) is 2. The topological polar surface area (TPSA) is 72.6 Å². The van der Waals surface area contributed by atoms with Crippen LogP contribution in [-0.4, -0.2) is 17.5 Å². The van der Waals surface area contributed by atoms with Crippen LogP contribution < -0.4 is 15.1 Å². The molecule has 0 spiro atoms. The third-order valence-electron chi connectivity index (χ3n) is 6.18. The number of aromatic nitrogens is 1. The maximum absolute atomic E-state index is 13.7. The van der Waals surface area contributed by atoms with Crippen molar-refractivity contribution in [1.82, 2.24) is 4.98 Å². The van der Waals surface area contributed by atoms with E-state index in [4.69, 9.17) is 9.15 Å². The Hall–Kier alpha value is -3.93. The molecule has 172 valence electrons. The summed E-state index contributed by atoms with van der Waals surface area (Å²) >= 11 is 0. The molecule has 1 amide bonds. The molecule has 4 aromatic rings. The number of carbonyl (C=O) groups excluding carboxylic acids is 1. The summed E-state index contributed by atoms with van der Waals surface area (Å²) in [5, 5.41) is 0.450. The lowest BCUT2D eigenvalue weighted by molar-refractivity contribution is 0.0970. The molecular formula is C28H26N2O4.